The first-order valence-corrected chi connectivity index (χ1v) is 4.77. The van der Waals surface area contributed by atoms with Crippen molar-refractivity contribution in [3.63, 3.8) is 0 Å². The molecule has 3 N–H and O–H groups in total. The Bertz CT molecular complexity index is 317. The third-order valence-corrected chi connectivity index (χ3v) is 2.83. The number of nitrogens with two attached hydrogens (primary N) is 1. The zero-order valence-electron chi connectivity index (χ0n) is 9.28. The highest BCUT2D eigenvalue weighted by Crippen LogP contribution is 2.33. The van der Waals surface area contributed by atoms with Crippen molar-refractivity contribution in [2.75, 3.05) is 6.54 Å². The van der Waals surface area contributed by atoms with Crippen LogP contribution in [0.2, 0.25) is 0 Å². The summed E-state index contributed by atoms with van der Waals surface area (Å²) in [5.74, 6) is 0. The third kappa shape index (κ3) is 1.81. The normalized spacial score (nSPS) is 14.4. The molecular formula is C10H19N3O. The predicted octanol–water partition coefficient (Wildman–Crippen LogP) is 0.747. The first-order chi connectivity index (χ1) is 6.40. The second kappa shape index (κ2) is 3.71. The van der Waals surface area contributed by atoms with Crippen molar-refractivity contribution in [1.29, 1.82) is 0 Å². The summed E-state index contributed by atoms with van der Waals surface area (Å²) in [5.41, 5.74) is 7.15. The van der Waals surface area contributed by atoms with E-state index in [2.05, 4.69) is 5.10 Å². The molecule has 1 unspecified atom stereocenters. The third-order valence-electron chi connectivity index (χ3n) is 2.83. The molecule has 0 aliphatic rings. The van der Waals surface area contributed by atoms with Crippen LogP contribution in [0.3, 0.4) is 0 Å². The quantitative estimate of drug-likeness (QED) is 0.751. The fourth-order valence-corrected chi connectivity index (χ4v) is 1.32. The Kier molecular flexibility index (Phi) is 2.97. The predicted molar refractivity (Wildman–Crippen MR) is 55.7 cm³/mol. The van der Waals surface area contributed by atoms with Crippen LogP contribution in [0.5, 0.6) is 0 Å². The summed E-state index contributed by atoms with van der Waals surface area (Å²) in [6.45, 7) is 6.29. The van der Waals surface area contributed by atoms with Crippen molar-refractivity contribution in [3.05, 3.63) is 17.5 Å². The molecule has 0 saturated heterocycles. The Balaban J connectivity index is 3.00. The molecule has 80 valence electrons. The van der Waals surface area contributed by atoms with Crippen LogP contribution in [0.4, 0.5) is 0 Å². The molecule has 0 fully saturated rings. The number of aliphatic hydroxyl groups excluding tert-OH is 1. The van der Waals surface area contributed by atoms with Gasteiger partial charge in [-0.3, -0.25) is 4.68 Å². The van der Waals surface area contributed by atoms with Gasteiger partial charge < -0.3 is 10.8 Å². The molecule has 4 nitrogen and oxygen atoms in total. The van der Waals surface area contributed by atoms with Gasteiger partial charge in [0.2, 0.25) is 0 Å². The van der Waals surface area contributed by atoms with E-state index in [4.69, 9.17) is 5.73 Å². The average molecular weight is 197 g/mol. The number of aryl methyl sites for hydroxylation is 1. The van der Waals surface area contributed by atoms with Crippen LogP contribution in [0, 0.1) is 12.3 Å². The van der Waals surface area contributed by atoms with Gasteiger partial charge in [-0.15, -0.1) is 0 Å². The van der Waals surface area contributed by atoms with Crippen molar-refractivity contribution >= 4 is 0 Å². The van der Waals surface area contributed by atoms with Crippen molar-refractivity contribution in [1.82, 2.24) is 9.78 Å². The van der Waals surface area contributed by atoms with Gasteiger partial charge in [0.25, 0.3) is 0 Å². The molecular weight excluding hydrogens is 178 g/mol. The molecule has 0 bridgehead atoms. The lowest BCUT2D eigenvalue weighted by atomic mass is 9.83. The molecule has 1 aromatic rings. The van der Waals surface area contributed by atoms with Gasteiger partial charge in [-0.1, -0.05) is 13.8 Å². The molecule has 0 aliphatic heterocycles. The molecule has 1 aromatic heterocycles. The van der Waals surface area contributed by atoms with E-state index < -0.39 is 6.10 Å². The topological polar surface area (TPSA) is 64.1 Å². The lowest BCUT2D eigenvalue weighted by molar-refractivity contribution is 0.0549. The van der Waals surface area contributed by atoms with Crippen molar-refractivity contribution in [2.24, 2.45) is 18.2 Å². The van der Waals surface area contributed by atoms with E-state index in [0.29, 0.717) is 6.54 Å². The first kappa shape index (κ1) is 11.2. The SMILES string of the molecule is Cc1c(C(O)C(C)(C)CN)cnn1C. The summed E-state index contributed by atoms with van der Waals surface area (Å²) < 4.78 is 1.76. The Morgan fingerprint density at radius 2 is 2.21 bits per heavy atom. The molecule has 0 aliphatic carbocycles. The highest BCUT2D eigenvalue weighted by Gasteiger charge is 2.29. The second-order valence-corrected chi connectivity index (χ2v) is 4.40. The number of aliphatic hydroxyl groups is 1. The highest BCUT2D eigenvalue weighted by molar-refractivity contribution is 5.20. The fraction of sp³-hybridized carbons (Fsp3) is 0.700. The van der Waals surface area contributed by atoms with Crippen LogP contribution in [0.1, 0.15) is 31.2 Å². The molecule has 14 heavy (non-hydrogen) atoms. The van der Waals surface area contributed by atoms with Gasteiger partial charge in [-0.05, 0) is 6.92 Å². The summed E-state index contributed by atoms with van der Waals surface area (Å²) >= 11 is 0. The van der Waals surface area contributed by atoms with Crippen LogP contribution < -0.4 is 5.73 Å². The van der Waals surface area contributed by atoms with Gasteiger partial charge in [0.05, 0.1) is 12.3 Å². The first-order valence-electron chi connectivity index (χ1n) is 4.77. The molecule has 0 spiro atoms. The fourth-order valence-electron chi connectivity index (χ4n) is 1.32. The largest absolute Gasteiger partial charge is 0.388 e. The summed E-state index contributed by atoms with van der Waals surface area (Å²) in [4.78, 5) is 0. The zero-order valence-corrected chi connectivity index (χ0v) is 9.28. The standard InChI is InChI=1S/C10H19N3O/c1-7-8(5-12-13(7)4)9(14)10(2,3)6-11/h5,9,14H,6,11H2,1-4H3. The maximum atomic E-state index is 10.1. The number of nitrogens with zero attached hydrogens (tertiary/aromatic N) is 2. The molecule has 0 radical (unpaired) electrons. The van der Waals surface area contributed by atoms with Gasteiger partial charge in [-0.25, -0.2) is 0 Å². The summed E-state index contributed by atoms with van der Waals surface area (Å²) in [7, 11) is 1.86. The molecule has 0 saturated carbocycles. The lowest BCUT2D eigenvalue weighted by Gasteiger charge is -2.28. The summed E-state index contributed by atoms with van der Waals surface area (Å²) in [6, 6.07) is 0. The molecule has 0 amide bonds. The van der Waals surface area contributed by atoms with Crippen molar-refractivity contribution in [3.8, 4) is 0 Å². The van der Waals surface area contributed by atoms with E-state index in [9.17, 15) is 5.11 Å². The highest BCUT2D eigenvalue weighted by atomic mass is 16.3. The lowest BCUT2D eigenvalue weighted by Crippen LogP contribution is -2.31. The van der Waals surface area contributed by atoms with E-state index in [0.717, 1.165) is 11.3 Å². The number of hydrogen-bond donors (Lipinski definition) is 2. The summed E-state index contributed by atoms with van der Waals surface area (Å²) in [5, 5.41) is 14.2. The van der Waals surface area contributed by atoms with Gasteiger partial charge in [-0.2, -0.15) is 5.10 Å². The van der Waals surface area contributed by atoms with Gasteiger partial charge >= 0.3 is 0 Å². The van der Waals surface area contributed by atoms with E-state index >= 15 is 0 Å². The smallest absolute Gasteiger partial charge is 0.0886 e. The van der Waals surface area contributed by atoms with Gasteiger partial charge in [0.1, 0.15) is 0 Å². The maximum Gasteiger partial charge on any atom is 0.0886 e. The summed E-state index contributed by atoms with van der Waals surface area (Å²) in [6.07, 6.45) is 1.15. The molecule has 1 atom stereocenters. The van der Waals surface area contributed by atoms with Crippen molar-refractivity contribution < 1.29 is 5.11 Å². The monoisotopic (exact) mass is 197 g/mol. The number of hydrogen-bond acceptors (Lipinski definition) is 3. The van der Waals surface area contributed by atoms with Crippen LogP contribution >= 0.6 is 0 Å². The second-order valence-electron chi connectivity index (χ2n) is 4.40. The Labute approximate surface area is 84.7 Å². The van der Waals surface area contributed by atoms with E-state index in [1.54, 1.807) is 10.9 Å². The minimum absolute atomic E-state index is 0.312. The van der Waals surface area contributed by atoms with E-state index in [1.165, 1.54) is 0 Å². The molecule has 1 rings (SSSR count). The van der Waals surface area contributed by atoms with E-state index in [1.807, 2.05) is 27.8 Å². The molecule has 4 heteroatoms. The van der Waals surface area contributed by atoms with Crippen LogP contribution in [-0.4, -0.2) is 21.4 Å². The minimum atomic E-state index is -0.554. The Morgan fingerprint density at radius 1 is 1.64 bits per heavy atom. The number of rotatable bonds is 3. The van der Waals surface area contributed by atoms with Crippen LogP contribution in [-0.2, 0) is 7.05 Å². The number of aromatic nitrogens is 2. The maximum absolute atomic E-state index is 10.1. The molecule has 0 aromatic carbocycles. The van der Waals surface area contributed by atoms with Crippen molar-refractivity contribution in [2.45, 2.75) is 26.9 Å². The van der Waals surface area contributed by atoms with Crippen LogP contribution in [0.25, 0.3) is 0 Å². The van der Waals surface area contributed by atoms with Gasteiger partial charge in [0, 0.05) is 30.3 Å². The average Bonchev–Trinajstić information content (AvgIpc) is 2.47. The Hall–Kier alpha value is -0.870. The van der Waals surface area contributed by atoms with Crippen LogP contribution in [0.15, 0.2) is 6.20 Å². The van der Waals surface area contributed by atoms with E-state index in [-0.39, 0.29) is 5.41 Å². The zero-order chi connectivity index (χ0) is 10.9. The minimum Gasteiger partial charge on any atom is -0.388 e. The van der Waals surface area contributed by atoms with Gasteiger partial charge in [0.15, 0.2) is 0 Å². The molecule has 1 heterocycles. The Morgan fingerprint density at radius 3 is 2.57 bits per heavy atom.